The van der Waals surface area contributed by atoms with Crippen molar-refractivity contribution < 1.29 is 4.42 Å². The molecule has 0 N–H and O–H groups in total. The van der Waals surface area contributed by atoms with E-state index < -0.39 is 0 Å². The molecule has 0 aliphatic carbocycles. The zero-order valence-corrected chi connectivity index (χ0v) is 22.1. The summed E-state index contributed by atoms with van der Waals surface area (Å²) in [6.07, 6.45) is 3.80. The van der Waals surface area contributed by atoms with Gasteiger partial charge in [-0.1, -0.05) is 54.6 Å². The van der Waals surface area contributed by atoms with E-state index in [1.807, 2.05) is 60.9 Å². The second kappa shape index (κ2) is 9.50. The molecular weight excluding hydrogens is 504 g/mol. The Kier molecular flexibility index (Phi) is 5.38. The average molecular weight is 529 g/mol. The lowest BCUT2D eigenvalue weighted by atomic mass is 10.1. The van der Waals surface area contributed by atoms with Gasteiger partial charge in [0.15, 0.2) is 5.58 Å². The molecule has 0 radical (unpaired) electrons. The summed E-state index contributed by atoms with van der Waals surface area (Å²) in [5.74, 6) is 0.621. The molecule has 3 aromatic heterocycles. The maximum absolute atomic E-state index is 6.22. The fourth-order valence-electron chi connectivity index (χ4n) is 5.63. The van der Waals surface area contributed by atoms with E-state index in [0.717, 1.165) is 61.2 Å². The number of oxazole rings is 1. The fraction of sp³-hybridized carbons (Fsp3) is 0. The number of hydrogen-bond donors (Lipinski definition) is 0. The van der Waals surface area contributed by atoms with E-state index >= 15 is 0 Å². The third kappa shape index (κ3) is 3.95. The van der Waals surface area contributed by atoms with Crippen molar-refractivity contribution in [3.05, 3.63) is 146 Å². The van der Waals surface area contributed by atoms with Crippen LogP contribution in [0.15, 0.2) is 150 Å². The summed E-state index contributed by atoms with van der Waals surface area (Å²) in [6.45, 7) is 0. The molecule has 5 nitrogen and oxygen atoms in total. The molecule has 0 aliphatic heterocycles. The molecule has 8 aromatic rings. The minimum Gasteiger partial charge on any atom is -0.436 e. The highest BCUT2D eigenvalue weighted by molar-refractivity contribution is 6.10. The largest absolute Gasteiger partial charge is 0.436 e. The van der Waals surface area contributed by atoms with Crippen LogP contribution in [0.5, 0.6) is 0 Å². The van der Waals surface area contributed by atoms with Crippen molar-refractivity contribution in [3.8, 4) is 17.1 Å². The molecule has 0 spiro atoms. The summed E-state index contributed by atoms with van der Waals surface area (Å²) in [7, 11) is 0. The predicted octanol–water partition coefficient (Wildman–Crippen LogP) is 9.46. The van der Waals surface area contributed by atoms with Gasteiger partial charge in [0.1, 0.15) is 5.52 Å². The molecule has 0 aliphatic rings. The molecule has 0 atom stereocenters. The lowest BCUT2D eigenvalue weighted by Crippen LogP contribution is -2.09. The van der Waals surface area contributed by atoms with Crippen molar-refractivity contribution in [3.63, 3.8) is 0 Å². The molecule has 0 bridgehead atoms. The molecule has 0 saturated heterocycles. The molecule has 0 amide bonds. The minimum atomic E-state index is 0.621. The quantitative estimate of drug-likeness (QED) is 0.223. The van der Waals surface area contributed by atoms with Crippen molar-refractivity contribution in [2.75, 3.05) is 4.90 Å². The van der Waals surface area contributed by atoms with E-state index in [4.69, 9.17) is 9.40 Å². The van der Waals surface area contributed by atoms with Crippen LogP contribution in [0.25, 0.3) is 50.0 Å². The number of benzene rings is 5. The summed E-state index contributed by atoms with van der Waals surface area (Å²) in [6, 6.07) is 45.8. The van der Waals surface area contributed by atoms with Gasteiger partial charge in [0.2, 0.25) is 5.89 Å². The summed E-state index contributed by atoms with van der Waals surface area (Å²) >= 11 is 0. The molecule has 0 fully saturated rings. The van der Waals surface area contributed by atoms with Crippen LogP contribution in [0.3, 0.4) is 0 Å². The third-order valence-corrected chi connectivity index (χ3v) is 7.49. The Bertz CT molecular complexity index is 2110. The molecule has 41 heavy (non-hydrogen) atoms. The first kappa shape index (κ1) is 23.2. The van der Waals surface area contributed by atoms with Gasteiger partial charge in [-0.15, -0.1) is 0 Å². The molecule has 3 heterocycles. The second-order valence-electron chi connectivity index (χ2n) is 9.97. The maximum Gasteiger partial charge on any atom is 0.227 e. The fourth-order valence-corrected chi connectivity index (χ4v) is 5.63. The monoisotopic (exact) mass is 528 g/mol. The van der Waals surface area contributed by atoms with Gasteiger partial charge < -0.3 is 13.9 Å². The van der Waals surface area contributed by atoms with Gasteiger partial charge in [0, 0.05) is 51.9 Å². The lowest BCUT2D eigenvalue weighted by Gasteiger charge is -2.25. The normalized spacial score (nSPS) is 11.4. The minimum absolute atomic E-state index is 0.621. The van der Waals surface area contributed by atoms with Crippen molar-refractivity contribution in [1.82, 2.24) is 14.5 Å². The van der Waals surface area contributed by atoms with E-state index in [9.17, 15) is 0 Å². The van der Waals surface area contributed by atoms with Crippen molar-refractivity contribution in [2.24, 2.45) is 0 Å². The Morgan fingerprint density at radius 3 is 2.00 bits per heavy atom. The van der Waals surface area contributed by atoms with E-state index in [1.54, 1.807) is 0 Å². The highest BCUT2D eigenvalue weighted by Crippen LogP contribution is 2.39. The molecule has 0 unspecified atom stereocenters. The van der Waals surface area contributed by atoms with E-state index in [1.165, 1.54) is 0 Å². The standard InChI is InChI=1S/C36H24N4O/c1-4-10-25(11-5-1)36-38-32-18-16-29(23-35(32)41-36)40-33-19-17-28(22-30(33)31-24-37-21-20-34(31)40)39(26-12-6-2-7-13-26)27-14-8-3-9-15-27/h1-24H. The molecular formula is C36H24N4O. The van der Waals surface area contributed by atoms with Crippen molar-refractivity contribution in [1.29, 1.82) is 0 Å². The van der Waals surface area contributed by atoms with Gasteiger partial charge in [-0.05, 0) is 72.8 Å². The number of anilines is 3. The van der Waals surface area contributed by atoms with Crippen LogP contribution in [0, 0.1) is 0 Å². The third-order valence-electron chi connectivity index (χ3n) is 7.49. The zero-order valence-electron chi connectivity index (χ0n) is 22.1. The number of pyridine rings is 1. The van der Waals surface area contributed by atoms with Crippen LogP contribution < -0.4 is 4.90 Å². The van der Waals surface area contributed by atoms with E-state index in [2.05, 4.69) is 99.4 Å². The van der Waals surface area contributed by atoms with Crippen molar-refractivity contribution >= 4 is 50.0 Å². The molecule has 5 heteroatoms. The van der Waals surface area contributed by atoms with Gasteiger partial charge in [0.25, 0.3) is 0 Å². The summed E-state index contributed by atoms with van der Waals surface area (Å²) in [5.41, 5.74) is 9.02. The number of fused-ring (bicyclic) bond motifs is 4. The lowest BCUT2D eigenvalue weighted by molar-refractivity contribution is 0.619. The molecule has 194 valence electrons. The number of nitrogens with zero attached hydrogens (tertiary/aromatic N) is 4. The topological polar surface area (TPSA) is 47.1 Å². The Morgan fingerprint density at radius 1 is 0.585 bits per heavy atom. The zero-order chi connectivity index (χ0) is 27.2. The Hall–Kier alpha value is -5.68. The van der Waals surface area contributed by atoms with Crippen LogP contribution in [0.2, 0.25) is 0 Å². The molecule has 5 aromatic carbocycles. The molecule has 0 saturated carbocycles. The van der Waals surface area contributed by atoms with Crippen molar-refractivity contribution in [2.45, 2.75) is 0 Å². The smallest absolute Gasteiger partial charge is 0.227 e. The second-order valence-corrected chi connectivity index (χ2v) is 9.97. The van der Waals surface area contributed by atoms with Crippen LogP contribution in [-0.4, -0.2) is 14.5 Å². The number of para-hydroxylation sites is 2. The first-order chi connectivity index (χ1) is 20.3. The predicted molar refractivity (Wildman–Crippen MR) is 166 cm³/mol. The van der Waals surface area contributed by atoms with Crippen LogP contribution >= 0.6 is 0 Å². The first-order valence-corrected chi connectivity index (χ1v) is 13.6. The van der Waals surface area contributed by atoms with Crippen LogP contribution in [0.4, 0.5) is 17.1 Å². The number of aromatic nitrogens is 3. The van der Waals surface area contributed by atoms with Gasteiger partial charge in [-0.25, -0.2) is 4.98 Å². The maximum atomic E-state index is 6.22. The highest BCUT2D eigenvalue weighted by atomic mass is 16.3. The highest BCUT2D eigenvalue weighted by Gasteiger charge is 2.18. The van der Waals surface area contributed by atoms with Gasteiger partial charge in [-0.3, -0.25) is 4.98 Å². The van der Waals surface area contributed by atoms with E-state index in [-0.39, 0.29) is 0 Å². The Balaban J connectivity index is 1.31. The van der Waals surface area contributed by atoms with E-state index in [0.29, 0.717) is 5.89 Å². The Labute approximate surface area is 236 Å². The first-order valence-electron chi connectivity index (χ1n) is 13.6. The number of rotatable bonds is 5. The Morgan fingerprint density at radius 2 is 1.27 bits per heavy atom. The summed E-state index contributed by atoms with van der Waals surface area (Å²) in [4.78, 5) is 11.5. The number of hydrogen-bond acceptors (Lipinski definition) is 4. The summed E-state index contributed by atoms with van der Waals surface area (Å²) < 4.78 is 8.50. The summed E-state index contributed by atoms with van der Waals surface area (Å²) in [5, 5.41) is 2.22. The molecule has 8 rings (SSSR count). The SMILES string of the molecule is c1ccc(-c2nc3ccc(-n4c5ccncc5c5cc(N(c6ccccc6)c6ccccc6)ccc54)cc3o2)cc1. The van der Waals surface area contributed by atoms with Gasteiger partial charge >= 0.3 is 0 Å². The van der Waals surface area contributed by atoms with Crippen LogP contribution in [0.1, 0.15) is 0 Å². The van der Waals surface area contributed by atoms with Gasteiger partial charge in [-0.2, -0.15) is 0 Å². The van der Waals surface area contributed by atoms with Crippen LogP contribution in [-0.2, 0) is 0 Å². The van der Waals surface area contributed by atoms with Gasteiger partial charge in [0.05, 0.1) is 16.7 Å². The average Bonchev–Trinajstić information content (AvgIpc) is 3.61.